The summed E-state index contributed by atoms with van der Waals surface area (Å²) in [4.78, 5) is 27.2. The standard InChI is InChI=1S/C22H24N2O3/c25-21(23-19-7-2-1-3-8-19)16-10-12-24(13-11-16)22(26)18-14-17-6-4-5-9-20(17)27-15-18/h1-9,16,18H,10-15H2,(H,23,25)/t18-/m1/s1. The number of ether oxygens (including phenoxy) is 1. The minimum Gasteiger partial charge on any atom is -0.492 e. The Morgan fingerprint density at radius 2 is 1.63 bits per heavy atom. The molecule has 0 spiro atoms. The van der Waals surface area contributed by atoms with E-state index in [-0.39, 0.29) is 23.7 Å². The number of amides is 2. The summed E-state index contributed by atoms with van der Waals surface area (Å²) in [5.74, 6) is 0.902. The number of rotatable bonds is 3. The maximum absolute atomic E-state index is 12.9. The molecule has 2 aliphatic rings. The van der Waals surface area contributed by atoms with Crippen molar-refractivity contribution in [2.24, 2.45) is 11.8 Å². The normalized spacial score (nSPS) is 19.7. The van der Waals surface area contributed by atoms with Crippen molar-refractivity contribution in [2.75, 3.05) is 25.0 Å². The van der Waals surface area contributed by atoms with Gasteiger partial charge in [-0.25, -0.2) is 0 Å². The van der Waals surface area contributed by atoms with Crippen LogP contribution in [0.1, 0.15) is 18.4 Å². The van der Waals surface area contributed by atoms with Gasteiger partial charge in [0.25, 0.3) is 0 Å². The highest BCUT2D eigenvalue weighted by Crippen LogP contribution is 2.29. The SMILES string of the molecule is O=C(Nc1ccccc1)C1CCN(C(=O)[C@H]2COc3ccccc3C2)CC1. The molecule has 4 rings (SSSR count). The lowest BCUT2D eigenvalue weighted by molar-refractivity contribution is -0.139. The Bertz CT molecular complexity index is 813. The predicted octanol–water partition coefficient (Wildman–Crippen LogP) is 3.12. The summed E-state index contributed by atoms with van der Waals surface area (Å²) in [6.07, 6.45) is 2.13. The van der Waals surface area contributed by atoms with Gasteiger partial charge >= 0.3 is 0 Å². The Morgan fingerprint density at radius 1 is 0.926 bits per heavy atom. The average Bonchev–Trinajstić information content (AvgIpc) is 2.73. The van der Waals surface area contributed by atoms with E-state index in [0.717, 1.165) is 23.4 Å². The number of carbonyl (C=O) groups excluding carboxylic acids is 2. The first-order chi connectivity index (χ1) is 13.2. The smallest absolute Gasteiger partial charge is 0.229 e. The second kappa shape index (κ2) is 7.82. The van der Waals surface area contributed by atoms with E-state index in [1.54, 1.807) is 0 Å². The topological polar surface area (TPSA) is 58.6 Å². The van der Waals surface area contributed by atoms with Crippen LogP contribution < -0.4 is 10.1 Å². The molecular weight excluding hydrogens is 340 g/mol. The van der Waals surface area contributed by atoms with Gasteiger partial charge < -0.3 is 15.0 Å². The number of likely N-dealkylation sites (tertiary alicyclic amines) is 1. The van der Waals surface area contributed by atoms with E-state index in [1.165, 1.54) is 0 Å². The number of benzene rings is 2. The largest absolute Gasteiger partial charge is 0.492 e. The van der Waals surface area contributed by atoms with Gasteiger partial charge in [-0.1, -0.05) is 36.4 Å². The average molecular weight is 364 g/mol. The zero-order valence-corrected chi connectivity index (χ0v) is 15.3. The summed E-state index contributed by atoms with van der Waals surface area (Å²) < 4.78 is 5.76. The van der Waals surface area contributed by atoms with E-state index in [4.69, 9.17) is 4.74 Å². The van der Waals surface area contributed by atoms with E-state index < -0.39 is 0 Å². The van der Waals surface area contributed by atoms with Crippen LogP contribution in [0.3, 0.4) is 0 Å². The minimum atomic E-state index is -0.130. The van der Waals surface area contributed by atoms with Gasteiger partial charge in [0.15, 0.2) is 0 Å². The Kier molecular flexibility index (Phi) is 5.10. The molecule has 0 bridgehead atoms. The van der Waals surface area contributed by atoms with Gasteiger partial charge in [-0.2, -0.15) is 0 Å². The van der Waals surface area contributed by atoms with Gasteiger partial charge in [0.2, 0.25) is 11.8 Å². The van der Waals surface area contributed by atoms with Gasteiger partial charge in [0.05, 0.1) is 5.92 Å². The van der Waals surface area contributed by atoms with Crippen molar-refractivity contribution in [3.8, 4) is 5.75 Å². The number of anilines is 1. The molecule has 0 saturated carbocycles. The van der Waals surface area contributed by atoms with Crippen molar-refractivity contribution in [1.29, 1.82) is 0 Å². The summed E-state index contributed by atoms with van der Waals surface area (Å²) in [6.45, 7) is 1.69. The molecule has 0 radical (unpaired) electrons. The van der Waals surface area contributed by atoms with Crippen LogP contribution in [0.25, 0.3) is 0 Å². The molecule has 2 aliphatic heterocycles. The molecule has 2 heterocycles. The van der Waals surface area contributed by atoms with Gasteiger partial charge in [0.1, 0.15) is 12.4 Å². The number of nitrogens with one attached hydrogen (secondary N) is 1. The highest BCUT2D eigenvalue weighted by Gasteiger charge is 2.33. The van der Waals surface area contributed by atoms with Crippen LogP contribution >= 0.6 is 0 Å². The van der Waals surface area contributed by atoms with Crippen molar-refractivity contribution < 1.29 is 14.3 Å². The highest BCUT2D eigenvalue weighted by atomic mass is 16.5. The van der Waals surface area contributed by atoms with Gasteiger partial charge in [0, 0.05) is 24.7 Å². The first kappa shape index (κ1) is 17.6. The Labute approximate surface area is 159 Å². The van der Waals surface area contributed by atoms with Crippen molar-refractivity contribution in [3.63, 3.8) is 0 Å². The maximum Gasteiger partial charge on any atom is 0.229 e. The second-order valence-electron chi connectivity index (χ2n) is 7.27. The zero-order valence-electron chi connectivity index (χ0n) is 15.3. The number of carbonyl (C=O) groups is 2. The number of fused-ring (bicyclic) bond motifs is 1. The molecule has 27 heavy (non-hydrogen) atoms. The fourth-order valence-corrected chi connectivity index (χ4v) is 3.87. The van der Waals surface area contributed by atoms with E-state index >= 15 is 0 Å². The number of hydrogen-bond donors (Lipinski definition) is 1. The van der Waals surface area contributed by atoms with Crippen LogP contribution in [0, 0.1) is 11.8 Å². The molecule has 5 heteroatoms. The molecular formula is C22H24N2O3. The van der Waals surface area contributed by atoms with E-state index in [2.05, 4.69) is 5.32 Å². The number of hydrogen-bond acceptors (Lipinski definition) is 3. The lowest BCUT2D eigenvalue weighted by Crippen LogP contribution is -2.46. The van der Waals surface area contributed by atoms with Crippen LogP contribution in [0.2, 0.25) is 0 Å². The number of piperidine rings is 1. The number of nitrogens with zero attached hydrogens (tertiary/aromatic N) is 1. The summed E-state index contributed by atoms with van der Waals surface area (Å²) in [6, 6.07) is 17.4. The Morgan fingerprint density at radius 3 is 2.41 bits per heavy atom. The Hall–Kier alpha value is -2.82. The molecule has 1 atom stereocenters. The summed E-state index contributed by atoms with van der Waals surface area (Å²) in [5, 5.41) is 2.97. The molecule has 0 aromatic heterocycles. The van der Waals surface area contributed by atoms with Gasteiger partial charge in [-0.05, 0) is 43.0 Å². The molecule has 1 saturated heterocycles. The van der Waals surface area contributed by atoms with Crippen LogP contribution in [-0.2, 0) is 16.0 Å². The van der Waals surface area contributed by atoms with E-state index in [1.807, 2.05) is 59.5 Å². The predicted molar refractivity (Wildman–Crippen MR) is 104 cm³/mol. The Balaban J connectivity index is 1.30. The third-order valence-electron chi connectivity index (χ3n) is 5.45. The van der Waals surface area contributed by atoms with Gasteiger partial charge in [-0.15, -0.1) is 0 Å². The van der Waals surface area contributed by atoms with Crippen LogP contribution in [0.5, 0.6) is 5.75 Å². The minimum absolute atomic E-state index is 0.0439. The van der Waals surface area contributed by atoms with Crippen LogP contribution in [0.4, 0.5) is 5.69 Å². The molecule has 1 fully saturated rings. The third-order valence-corrected chi connectivity index (χ3v) is 5.45. The molecule has 5 nitrogen and oxygen atoms in total. The number of para-hydroxylation sites is 2. The maximum atomic E-state index is 12.9. The summed E-state index contributed by atoms with van der Waals surface area (Å²) >= 11 is 0. The quantitative estimate of drug-likeness (QED) is 0.910. The fraction of sp³-hybridized carbons (Fsp3) is 0.364. The van der Waals surface area contributed by atoms with Crippen molar-refractivity contribution in [3.05, 3.63) is 60.2 Å². The van der Waals surface area contributed by atoms with Crippen molar-refractivity contribution in [2.45, 2.75) is 19.3 Å². The molecule has 2 amide bonds. The highest BCUT2D eigenvalue weighted by molar-refractivity contribution is 5.92. The molecule has 1 N–H and O–H groups in total. The summed E-state index contributed by atoms with van der Waals surface area (Å²) in [5.41, 5.74) is 1.92. The molecule has 2 aromatic carbocycles. The van der Waals surface area contributed by atoms with Crippen molar-refractivity contribution >= 4 is 17.5 Å². The van der Waals surface area contributed by atoms with E-state index in [9.17, 15) is 9.59 Å². The van der Waals surface area contributed by atoms with Gasteiger partial charge in [-0.3, -0.25) is 9.59 Å². The van der Waals surface area contributed by atoms with Crippen LogP contribution in [0.15, 0.2) is 54.6 Å². The first-order valence-electron chi connectivity index (χ1n) is 9.56. The third kappa shape index (κ3) is 3.97. The fourth-order valence-electron chi connectivity index (χ4n) is 3.87. The van der Waals surface area contributed by atoms with Crippen molar-refractivity contribution in [1.82, 2.24) is 4.90 Å². The second-order valence-corrected chi connectivity index (χ2v) is 7.27. The zero-order chi connectivity index (χ0) is 18.6. The monoisotopic (exact) mass is 364 g/mol. The lowest BCUT2D eigenvalue weighted by atomic mass is 9.92. The molecule has 0 unspecified atom stereocenters. The first-order valence-corrected chi connectivity index (χ1v) is 9.56. The molecule has 140 valence electrons. The molecule has 0 aliphatic carbocycles. The molecule has 2 aromatic rings. The lowest BCUT2D eigenvalue weighted by Gasteiger charge is -2.35. The van der Waals surface area contributed by atoms with E-state index in [0.29, 0.717) is 32.5 Å². The summed E-state index contributed by atoms with van der Waals surface area (Å²) in [7, 11) is 0. The van der Waals surface area contributed by atoms with Crippen LogP contribution in [-0.4, -0.2) is 36.4 Å².